The van der Waals surface area contributed by atoms with E-state index in [9.17, 15) is 8.42 Å². The van der Waals surface area contributed by atoms with Crippen LogP contribution in [0.3, 0.4) is 0 Å². The monoisotopic (exact) mass is 322 g/mol. The van der Waals surface area contributed by atoms with Gasteiger partial charge in [0.05, 0.1) is 5.69 Å². The molecule has 0 atom stereocenters. The highest BCUT2D eigenvalue weighted by molar-refractivity contribution is 7.87. The molecule has 2 aromatic carbocycles. The van der Waals surface area contributed by atoms with Gasteiger partial charge in [0.15, 0.2) is 10.9 Å². The van der Waals surface area contributed by atoms with E-state index in [1.807, 2.05) is 6.92 Å². The molecule has 7 heteroatoms. The predicted molar refractivity (Wildman–Crippen MR) is 85.8 cm³/mol. The van der Waals surface area contributed by atoms with Gasteiger partial charge in [-0.15, -0.1) is 0 Å². The van der Waals surface area contributed by atoms with Crippen LogP contribution in [0, 0.1) is 6.92 Å². The molecule has 0 aromatic heterocycles. The van der Waals surface area contributed by atoms with E-state index in [1.165, 1.54) is 18.2 Å². The Labute approximate surface area is 128 Å². The highest BCUT2D eigenvalue weighted by Gasteiger charge is 2.18. The van der Waals surface area contributed by atoms with E-state index in [0.29, 0.717) is 5.69 Å². The lowest BCUT2D eigenvalue weighted by atomic mass is 10.2. The fraction of sp³-hybridized carbons (Fsp3) is 0.0714. The number of nitrogens with one attached hydrogen (secondary N) is 1. The topological polar surface area (TPSA) is 81.4 Å². The van der Waals surface area contributed by atoms with E-state index >= 15 is 0 Å². The van der Waals surface area contributed by atoms with Crippen LogP contribution in [-0.2, 0) is 10.1 Å². The first-order chi connectivity index (χ1) is 9.88. The van der Waals surface area contributed by atoms with E-state index in [-0.39, 0.29) is 15.8 Å². The molecule has 2 rings (SSSR count). The van der Waals surface area contributed by atoms with Gasteiger partial charge < -0.3 is 15.2 Å². The zero-order valence-corrected chi connectivity index (χ0v) is 12.9. The Morgan fingerprint density at radius 1 is 1.14 bits per heavy atom. The van der Waals surface area contributed by atoms with Crippen LogP contribution in [0.4, 0.5) is 5.69 Å². The van der Waals surface area contributed by atoms with Gasteiger partial charge in [0.25, 0.3) is 0 Å². The molecule has 0 bridgehead atoms. The van der Waals surface area contributed by atoms with Crippen molar-refractivity contribution in [2.24, 2.45) is 5.73 Å². The minimum absolute atomic E-state index is 0.0267. The molecule has 110 valence electrons. The number of aryl methyl sites for hydroxylation is 1. The normalized spacial score (nSPS) is 10.9. The van der Waals surface area contributed by atoms with Crippen molar-refractivity contribution in [2.75, 3.05) is 5.32 Å². The minimum Gasteiger partial charge on any atom is -0.377 e. The summed E-state index contributed by atoms with van der Waals surface area (Å²) in [6.07, 6.45) is 0. The molecule has 0 spiro atoms. The Kier molecular flexibility index (Phi) is 4.44. The summed E-state index contributed by atoms with van der Waals surface area (Å²) in [6, 6.07) is 12.9. The molecule has 0 aliphatic heterocycles. The lowest BCUT2D eigenvalue weighted by Crippen LogP contribution is -2.20. The third-order valence-corrected chi connectivity index (χ3v) is 4.00. The van der Waals surface area contributed by atoms with Crippen molar-refractivity contribution in [1.29, 1.82) is 0 Å². The second-order valence-corrected chi connectivity index (χ2v) is 6.32. The predicted octanol–water partition coefficient (Wildman–Crippen LogP) is 2.42. The summed E-state index contributed by atoms with van der Waals surface area (Å²) in [7, 11) is -3.91. The summed E-state index contributed by atoms with van der Waals surface area (Å²) in [5.74, 6) is 0.130. The van der Waals surface area contributed by atoms with E-state index in [2.05, 4.69) is 5.32 Å². The van der Waals surface area contributed by atoms with Crippen LogP contribution in [0.1, 0.15) is 5.56 Å². The number of anilines is 1. The fourth-order valence-corrected chi connectivity index (χ4v) is 2.70. The van der Waals surface area contributed by atoms with Crippen LogP contribution in [0.25, 0.3) is 0 Å². The van der Waals surface area contributed by atoms with Gasteiger partial charge in [0.1, 0.15) is 4.90 Å². The van der Waals surface area contributed by atoms with Crippen molar-refractivity contribution >= 4 is 33.1 Å². The quantitative estimate of drug-likeness (QED) is 0.664. The van der Waals surface area contributed by atoms with Crippen LogP contribution in [0.5, 0.6) is 5.75 Å². The number of rotatable bonds is 4. The zero-order valence-electron chi connectivity index (χ0n) is 11.2. The molecule has 0 saturated heterocycles. The van der Waals surface area contributed by atoms with Gasteiger partial charge in [-0.1, -0.05) is 29.8 Å². The molecular formula is C14H14N2O3S2. The third-order valence-electron chi connectivity index (χ3n) is 2.65. The van der Waals surface area contributed by atoms with Crippen LogP contribution in [-0.4, -0.2) is 13.5 Å². The number of thiocarbonyl (C=S) groups is 1. The lowest BCUT2D eigenvalue weighted by Gasteiger charge is -2.12. The summed E-state index contributed by atoms with van der Waals surface area (Å²) >= 11 is 4.75. The summed E-state index contributed by atoms with van der Waals surface area (Å²) in [6.45, 7) is 1.87. The van der Waals surface area contributed by atoms with Crippen LogP contribution in [0.2, 0.25) is 0 Å². The standard InChI is InChI=1S/C14H14N2O3S2/c1-10-6-8-11(9-7-10)21(17,18)19-13-5-3-2-4-12(13)16-14(15)20/h2-9H,1H3,(H3,15,16,20). The molecule has 0 fully saturated rings. The molecule has 0 unspecified atom stereocenters. The first-order valence-corrected chi connectivity index (χ1v) is 7.87. The fourth-order valence-electron chi connectivity index (χ4n) is 1.65. The van der Waals surface area contributed by atoms with Gasteiger partial charge >= 0.3 is 10.1 Å². The smallest absolute Gasteiger partial charge is 0.339 e. The summed E-state index contributed by atoms with van der Waals surface area (Å²) < 4.78 is 29.6. The molecule has 0 aliphatic carbocycles. The van der Waals surface area contributed by atoms with Crippen molar-refractivity contribution in [2.45, 2.75) is 11.8 Å². The lowest BCUT2D eigenvalue weighted by molar-refractivity contribution is 0.487. The van der Waals surface area contributed by atoms with Gasteiger partial charge in [-0.25, -0.2) is 0 Å². The maximum absolute atomic E-state index is 12.2. The van der Waals surface area contributed by atoms with Crippen molar-refractivity contribution in [3.05, 3.63) is 54.1 Å². The molecule has 0 heterocycles. The molecule has 3 N–H and O–H groups in total. The van der Waals surface area contributed by atoms with Crippen LogP contribution in [0.15, 0.2) is 53.4 Å². The van der Waals surface area contributed by atoms with Crippen molar-refractivity contribution in [3.63, 3.8) is 0 Å². The Morgan fingerprint density at radius 2 is 1.76 bits per heavy atom. The molecule has 21 heavy (non-hydrogen) atoms. The Balaban J connectivity index is 2.33. The van der Waals surface area contributed by atoms with Crippen molar-refractivity contribution in [1.82, 2.24) is 0 Å². The van der Waals surface area contributed by atoms with Crippen LogP contribution < -0.4 is 15.2 Å². The third kappa shape index (κ3) is 3.93. The summed E-state index contributed by atoms with van der Waals surface area (Å²) in [5, 5.41) is 2.70. The Bertz CT molecular complexity index is 756. The summed E-state index contributed by atoms with van der Waals surface area (Å²) in [5.41, 5.74) is 6.75. The van der Waals surface area contributed by atoms with Crippen LogP contribution >= 0.6 is 12.2 Å². The number of hydrogen-bond donors (Lipinski definition) is 2. The molecule has 0 radical (unpaired) electrons. The van der Waals surface area contributed by atoms with Gasteiger partial charge in [0, 0.05) is 0 Å². The second-order valence-electron chi connectivity index (χ2n) is 4.34. The van der Waals surface area contributed by atoms with Gasteiger partial charge in [0.2, 0.25) is 0 Å². The largest absolute Gasteiger partial charge is 0.377 e. The van der Waals surface area contributed by atoms with E-state index in [0.717, 1.165) is 5.56 Å². The van der Waals surface area contributed by atoms with Gasteiger partial charge in [-0.05, 0) is 43.4 Å². The first kappa shape index (κ1) is 15.3. The van der Waals surface area contributed by atoms with E-state index in [1.54, 1.807) is 30.3 Å². The molecular weight excluding hydrogens is 308 g/mol. The van der Waals surface area contributed by atoms with E-state index < -0.39 is 10.1 Å². The number of hydrogen-bond acceptors (Lipinski definition) is 4. The SMILES string of the molecule is Cc1ccc(S(=O)(=O)Oc2ccccc2NC(N)=S)cc1. The minimum atomic E-state index is -3.91. The van der Waals surface area contributed by atoms with E-state index in [4.69, 9.17) is 22.1 Å². The Hall–Kier alpha value is -2.12. The van der Waals surface area contributed by atoms with Crippen molar-refractivity contribution in [3.8, 4) is 5.75 Å². The second kappa shape index (κ2) is 6.11. The average Bonchev–Trinajstić information content (AvgIpc) is 2.40. The zero-order chi connectivity index (χ0) is 15.5. The maximum Gasteiger partial charge on any atom is 0.339 e. The number of para-hydroxylation sites is 2. The molecule has 5 nitrogen and oxygen atoms in total. The molecule has 0 aliphatic rings. The summed E-state index contributed by atoms with van der Waals surface area (Å²) in [4.78, 5) is 0.0817. The number of nitrogens with two attached hydrogens (primary N) is 1. The molecule has 2 aromatic rings. The van der Waals surface area contributed by atoms with Gasteiger partial charge in [-0.3, -0.25) is 0 Å². The average molecular weight is 322 g/mol. The highest BCUT2D eigenvalue weighted by atomic mass is 32.2. The van der Waals surface area contributed by atoms with Crippen molar-refractivity contribution < 1.29 is 12.6 Å². The molecule has 0 saturated carbocycles. The number of benzene rings is 2. The maximum atomic E-state index is 12.2. The first-order valence-electron chi connectivity index (χ1n) is 6.05. The van der Waals surface area contributed by atoms with Gasteiger partial charge in [-0.2, -0.15) is 8.42 Å². The molecule has 0 amide bonds. The highest BCUT2D eigenvalue weighted by Crippen LogP contribution is 2.27. The Morgan fingerprint density at radius 3 is 2.38 bits per heavy atom.